The van der Waals surface area contributed by atoms with Gasteiger partial charge in [0.05, 0.1) is 6.61 Å². The first-order valence-corrected chi connectivity index (χ1v) is 10.9. The minimum Gasteiger partial charge on any atom is -0.494 e. The summed E-state index contributed by atoms with van der Waals surface area (Å²) in [6.45, 7) is 10.5. The van der Waals surface area contributed by atoms with Crippen LogP contribution in [-0.2, 0) is 17.8 Å². The second-order valence-electron chi connectivity index (χ2n) is 8.36. The van der Waals surface area contributed by atoms with Crippen LogP contribution < -0.4 is 20.1 Å². The van der Waals surface area contributed by atoms with Crippen LogP contribution in [0.2, 0.25) is 0 Å². The Bertz CT molecular complexity index is 955. The first-order chi connectivity index (χ1) is 14.8. The number of amides is 2. The molecule has 0 saturated heterocycles. The summed E-state index contributed by atoms with van der Waals surface area (Å²) in [6, 6.07) is 10.7. The molecule has 2 atom stereocenters. The maximum Gasteiger partial charge on any atom is 0.252 e. The molecule has 0 spiro atoms. The van der Waals surface area contributed by atoms with E-state index in [0.29, 0.717) is 18.7 Å². The molecule has 2 aromatic carbocycles. The normalized spacial score (nSPS) is 15.7. The van der Waals surface area contributed by atoms with Gasteiger partial charge in [0.2, 0.25) is 5.91 Å². The summed E-state index contributed by atoms with van der Waals surface area (Å²) in [6.07, 6.45) is 0.985. The lowest BCUT2D eigenvalue weighted by Gasteiger charge is -2.22. The summed E-state index contributed by atoms with van der Waals surface area (Å²) in [5, 5.41) is 5.85. The van der Waals surface area contributed by atoms with E-state index in [1.165, 1.54) is 0 Å². The van der Waals surface area contributed by atoms with E-state index >= 15 is 0 Å². The first kappa shape index (κ1) is 22.7. The lowest BCUT2D eigenvalue weighted by molar-refractivity contribution is -0.124. The second kappa shape index (κ2) is 9.86. The number of rotatable bonds is 8. The molecule has 2 aromatic rings. The standard InChI is InChI=1S/C25H32N2O4/c1-6-30-21-12-18-11-17(5)31-22(18)13-19(21)14-26-25(29)23(15(2)3)27-24(28)20-10-8-7-9-16(20)4/h7-10,12-13,15,17,23H,6,11,14H2,1-5H3,(H,26,29)(H,27,28)/t17-,23+/m1/s1. The summed E-state index contributed by atoms with van der Waals surface area (Å²) in [4.78, 5) is 25.7. The van der Waals surface area contributed by atoms with Crippen molar-refractivity contribution in [2.75, 3.05) is 6.61 Å². The van der Waals surface area contributed by atoms with Crippen LogP contribution in [0.15, 0.2) is 36.4 Å². The van der Waals surface area contributed by atoms with E-state index in [1.54, 1.807) is 6.07 Å². The number of ether oxygens (including phenoxy) is 2. The Balaban J connectivity index is 1.71. The second-order valence-corrected chi connectivity index (χ2v) is 8.36. The number of hydrogen-bond acceptors (Lipinski definition) is 4. The molecule has 0 aliphatic carbocycles. The maximum atomic E-state index is 13.0. The van der Waals surface area contributed by atoms with Gasteiger partial charge < -0.3 is 20.1 Å². The topological polar surface area (TPSA) is 76.7 Å². The Morgan fingerprint density at radius 2 is 1.97 bits per heavy atom. The predicted octanol–water partition coefficient (Wildman–Crippen LogP) is 3.79. The quantitative estimate of drug-likeness (QED) is 0.676. The smallest absolute Gasteiger partial charge is 0.252 e. The minimum absolute atomic E-state index is 0.0662. The van der Waals surface area contributed by atoms with Crippen LogP contribution in [0.4, 0.5) is 0 Å². The molecule has 0 bridgehead atoms. The molecule has 31 heavy (non-hydrogen) atoms. The van der Waals surface area contributed by atoms with Gasteiger partial charge in [-0.1, -0.05) is 32.0 Å². The highest BCUT2D eigenvalue weighted by atomic mass is 16.5. The first-order valence-electron chi connectivity index (χ1n) is 10.9. The molecule has 0 unspecified atom stereocenters. The number of aryl methyl sites for hydroxylation is 1. The summed E-state index contributed by atoms with van der Waals surface area (Å²) in [5.41, 5.74) is 3.42. The highest BCUT2D eigenvalue weighted by Crippen LogP contribution is 2.35. The van der Waals surface area contributed by atoms with Gasteiger partial charge in [0.25, 0.3) is 5.91 Å². The molecule has 0 saturated carbocycles. The number of hydrogen-bond donors (Lipinski definition) is 2. The van der Waals surface area contributed by atoms with Crippen molar-refractivity contribution in [2.24, 2.45) is 5.92 Å². The van der Waals surface area contributed by atoms with E-state index in [-0.39, 0.29) is 23.8 Å². The van der Waals surface area contributed by atoms with E-state index in [9.17, 15) is 9.59 Å². The van der Waals surface area contributed by atoms with Crippen molar-refractivity contribution in [3.63, 3.8) is 0 Å². The third-order valence-corrected chi connectivity index (χ3v) is 5.46. The number of fused-ring (bicyclic) bond motifs is 1. The van der Waals surface area contributed by atoms with Crippen LogP contribution >= 0.6 is 0 Å². The number of carbonyl (C=O) groups excluding carboxylic acids is 2. The molecule has 6 nitrogen and oxygen atoms in total. The molecule has 2 N–H and O–H groups in total. The van der Waals surface area contributed by atoms with Crippen molar-refractivity contribution in [1.29, 1.82) is 0 Å². The molecule has 0 radical (unpaired) electrons. The molecule has 1 heterocycles. The van der Waals surface area contributed by atoms with Crippen LogP contribution in [-0.4, -0.2) is 30.6 Å². The van der Waals surface area contributed by atoms with Gasteiger partial charge >= 0.3 is 0 Å². The van der Waals surface area contributed by atoms with Crippen molar-refractivity contribution in [3.05, 3.63) is 58.7 Å². The van der Waals surface area contributed by atoms with Crippen LogP contribution in [0.1, 0.15) is 54.7 Å². The molecule has 0 fully saturated rings. The third kappa shape index (κ3) is 5.37. The molecule has 2 amide bonds. The third-order valence-electron chi connectivity index (χ3n) is 5.46. The van der Waals surface area contributed by atoms with Crippen molar-refractivity contribution in [1.82, 2.24) is 10.6 Å². The van der Waals surface area contributed by atoms with E-state index in [1.807, 2.05) is 65.0 Å². The fourth-order valence-corrected chi connectivity index (χ4v) is 3.78. The SMILES string of the molecule is CCOc1cc2c(cc1CNC(=O)[C@@H](NC(=O)c1ccccc1C)C(C)C)O[C@H](C)C2. The highest BCUT2D eigenvalue weighted by Gasteiger charge is 2.26. The van der Waals surface area contributed by atoms with Crippen molar-refractivity contribution < 1.29 is 19.1 Å². The molecule has 6 heteroatoms. The Morgan fingerprint density at radius 1 is 1.23 bits per heavy atom. The fraction of sp³-hybridized carbons (Fsp3) is 0.440. The largest absolute Gasteiger partial charge is 0.494 e. The van der Waals surface area contributed by atoms with Gasteiger partial charge in [0, 0.05) is 29.7 Å². The van der Waals surface area contributed by atoms with Gasteiger partial charge in [-0.3, -0.25) is 9.59 Å². The van der Waals surface area contributed by atoms with Gasteiger partial charge in [-0.2, -0.15) is 0 Å². The van der Waals surface area contributed by atoms with Crippen LogP contribution in [0.25, 0.3) is 0 Å². The Kier molecular flexibility index (Phi) is 7.21. The van der Waals surface area contributed by atoms with Gasteiger partial charge in [-0.05, 0) is 50.5 Å². The summed E-state index contributed by atoms with van der Waals surface area (Å²) < 4.78 is 11.7. The molecule has 0 aromatic heterocycles. The Labute approximate surface area is 184 Å². The maximum absolute atomic E-state index is 13.0. The summed E-state index contributed by atoms with van der Waals surface area (Å²) >= 11 is 0. The highest BCUT2D eigenvalue weighted by molar-refractivity contribution is 5.98. The molecular weight excluding hydrogens is 392 g/mol. The molecule has 166 valence electrons. The molecule has 1 aliphatic rings. The lowest BCUT2D eigenvalue weighted by atomic mass is 10.0. The molecule has 3 rings (SSSR count). The minimum atomic E-state index is -0.645. The van der Waals surface area contributed by atoms with E-state index in [4.69, 9.17) is 9.47 Å². The molecule has 1 aliphatic heterocycles. The molecular formula is C25H32N2O4. The van der Waals surface area contributed by atoms with Crippen molar-refractivity contribution in [2.45, 2.75) is 59.7 Å². The van der Waals surface area contributed by atoms with E-state index in [2.05, 4.69) is 10.6 Å². The monoisotopic (exact) mass is 424 g/mol. The zero-order chi connectivity index (χ0) is 22.5. The number of benzene rings is 2. The zero-order valence-corrected chi connectivity index (χ0v) is 19.0. The Morgan fingerprint density at radius 3 is 2.65 bits per heavy atom. The Hall–Kier alpha value is -3.02. The van der Waals surface area contributed by atoms with Crippen molar-refractivity contribution >= 4 is 11.8 Å². The zero-order valence-electron chi connectivity index (χ0n) is 19.0. The number of carbonyl (C=O) groups is 2. The van der Waals surface area contributed by atoms with Crippen LogP contribution in [0.5, 0.6) is 11.5 Å². The van der Waals surface area contributed by atoms with Gasteiger partial charge in [-0.25, -0.2) is 0 Å². The lowest BCUT2D eigenvalue weighted by Crippen LogP contribution is -2.49. The predicted molar refractivity (Wildman–Crippen MR) is 121 cm³/mol. The summed E-state index contributed by atoms with van der Waals surface area (Å²) in [7, 11) is 0. The van der Waals surface area contributed by atoms with E-state index in [0.717, 1.165) is 34.6 Å². The average Bonchev–Trinajstić information content (AvgIpc) is 3.09. The van der Waals surface area contributed by atoms with Crippen LogP contribution in [0.3, 0.4) is 0 Å². The van der Waals surface area contributed by atoms with Gasteiger partial charge in [0.1, 0.15) is 23.6 Å². The van der Waals surface area contributed by atoms with Crippen LogP contribution in [0, 0.1) is 12.8 Å². The average molecular weight is 425 g/mol. The van der Waals surface area contributed by atoms with Crippen molar-refractivity contribution in [3.8, 4) is 11.5 Å². The van der Waals surface area contributed by atoms with E-state index < -0.39 is 6.04 Å². The fourth-order valence-electron chi connectivity index (χ4n) is 3.78. The summed E-state index contributed by atoms with van der Waals surface area (Å²) in [5.74, 6) is 1.05. The van der Waals surface area contributed by atoms with Gasteiger partial charge in [0.15, 0.2) is 0 Å². The van der Waals surface area contributed by atoms with Gasteiger partial charge in [-0.15, -0.1) is 0 Å². The number of nitrogens with one attached hydrogen (secondary N) is 2.